The van der Waals surface area contributed by atoms with E-state index in [0.717, 1.165) is 30.7 Å². The molecule has 0 fully saturated rings. The van der Waals surface area contributed by atoms with Crippen LogP contribution in [-0.2, 0) is 19.8 Å². The van der Waals surface area contributed by atoms with Crippen molar-refractivity contribution in [3.63, 3.8) is 0 Å². The van der Waals surface area contributed by atoms with Gasteiger partial charge in [0.05, 0.1) is 27.2 Å². The molecule has 0 saturated carbocycles. The van der Waals surface area contributed by atoms with Gasteiger partial charge in [0.1, 0.15) is 23.0 Å². The number of halogens is 4. The van der Waals surface area contributed by atoms with E-state index >= 15 is 0 Å². The number of aromatic hydroxyl groups is 1. The Morgan fingerprint density at radius 2 is 1.50 bits per heavy atom. The van der Waals surface area contributed by atoms with Gasteiger partial charge in [0.2, 0.25) is 5.91 Å². The smallest absolute Gasteiger partial charge is 0.265 e. The number of phenols is 1. The number of phenolic OH excluding ortho intramolecular Hbond substituents is 1. The number of benzene rings is 3. The Labute approximate surface area is 338 Å². The van der Waals surface area contributed by atoms with E-state index in [1.807, 2.05) is 20.8 Å². The summed E-state index contributed by atoms with van der Waals surface area (Å²) >= 11 is 25.4. The molecule has 3 aromatic carbocycles. The first-order valence-electron chi connectivity index (χ1n) is 18.6. The molecule has 4 rings (SSSR count). The highest BCUT2D eigenvalue weighted by molar-refractivity contribution is 6.43. The number of amides is 3. The number of amidine groups is 1. The number of carbonyl (C=O) groups excluding carboxylic acids is 3. The first-order chi connectivity index (χ1) is 25.6. The van der Waals surface area contributed by atoms with Gasteiger partial charge >= 0.3 is 0 Å². The largest absolute Gasteiger partial charge is 0.508 e. The van der Waals surface area contributed by atoms with Crippen LogP contribution in [0.3, 0.4) is 0 Å². The van der Waals surface area contributed by atoms with E-state index in [-0.39, 0.29) is 60.8 Å². The van der Waals surface area contributed by atoms with Crippen molar-refractivity contribution in [2.24, 2.45) is 5.10 Å². The number of rotatable bonds is 17. The van der Waals surface area contributed by atoms with Crippen molar-refractivity contribution >= 4 is 87.0 Å². The summed E-state index contributed by atoms with van der Waals surface area (Å²) in [6.45, 7) is 9.53. The van der Waals surface area contributed by atoms with Gasteiger partial charge in [0.25, 0.3) is 11.8 Å². The zero-order valence-corrected chi connectivity index (χ0v) is 34.6. The van der Waals surface area contributed by atoms with Gasteiger partial charge in [-0.3, -0.25) is 19.3 Å². The van der Waals surface area contributed by atoms with Crippen LogP contribution in [0.25, 0.3) is 0 Å². The quantitative estimate of drug-likeness (QED) is 0.132. The van der Waals surface area contributed by atoms with Gasteiger partial charge in [-0.05, 0) is 66.8 Å². The molecular formula is C41H50Cl4N4O5. The molecule has 9 nitrogen and oxygen atoms in total. The molecule has 0 aromatic heterocycles. The first-order valence-corrected chi connectivity index (χ1v) is 20.1. The summed E-state index contributed by atoms with van der Waals surface area (Å²) in [5.41, 5.74) is 1.06. The Hall–Kier alpha value is -3.50. The summed E-state index contributed by atoms with van der Waals surface area (Å²) in [5, 5.41) is 19.6. The zero-order valence-electron chi connectivity index (χ0n) is 31.6. The second kappa shape index (κ2) is 19.9. The predicted molar refractivity (Wildman–Crippen MR) is 222 cm³/mol. The molecule has 1 heterocycles. The minimum absolute atomic E-state index is 0.0871. The summed E-state index contributed by atoms with van der Waals surface area (Å²) in [6, 6.07) is 12.6. The Morgan fingerprint density at radius 1 is 0.889 bits per heavy atom. The van der Waals surface area contributed by atoms with E-state index in [2.05, 4.69) is 17.3 Å². The van der Waals surface area contributed by atoms with Crippen LogP contribution in [0.15, 0.2) is 53.6 Å². The zero-order chi connectivity index (χ0) is 39.6. The number of nitrogens with zero attached hydrogens (tertiary/aromatic N) is 3. The number of unbranched alkanes of at least 4 members (excludes halogenated alkanes) is 9. The van der Waals surface area contributed by atoms with Gasteiger partial charge < -0.3 is 15.2 Å². The predicted octanol–water partition coefficient (Wildman–Crippen LogP) is 12.1. The third kappa shape index (κ3) is 11.8. The fraction of sp³-hybridized carbons (Fsp3) is 0.463. The summed E-state index contributed by atoms with van der Waals surface area (Å²) in [4.78, 5) is 41.4. The molecule has 1 atom stereocenters. The van der Waals surface area contributed by atoms with E-state index in [1.165, 1.54) is 62.5 Å². The Bertz CT molecular complexity index is 1820. The highest BCUT2D eigenvalue weighted by Gasteiger charge is 2.34. The SMILES string of the molecule is CCCCCCCCCCCCC(Oc1ccc(O)c(C(C)(C)C)c1)C(=O)Nc1ccc(Cl)c(N(C(C)=O)C2=NN(c3c(Cl)cc(Cl)cc3Cl)C(=O)C2)c1. The van der Waals surface area contributed by atoms with Crippen molar-refractivity contribution in [3.8, 4) is 11.5 Å². The maximum absolute atomic E-state index is 13.9. The van der Waals surface area contributed by atoms with E-state index in [9.17, 15) is 19.5 Å². The number of hydrazone groups is 1. The fourth-order valence-corrected chi connectivity index (χ4v) is 7.52. The molecule has 292 valence electrons. The monoisotopic (exact) mass is 818 g/mol. The molecule has 13 heteroatoms. The molecule has 2 N–H and O–H groups in total. The van der Waals surface area contributed by atoms with Crippen LogP contribution in [0, 0.1) is 0 Å². The van der Waals surface area contributed by atoms with Gasteiger partial charge in [-0.15, -0.1) is 0 Å². The first kappa shape index (κ1) is 43.2. The molecule has 3 aromatic rings. The second-order valence-electron chi connectivity index (χ2n) is 14.6. The molecule has 54 heavy (non-hydrogen) atoms. The minimum atomic E-state index is -0.848. The number of anilines is 3. The van der Waals surface area contributed by atoms with Crippen molar-refractivity contribution in [1.29, 1.82) is 0 Å². The highest BCUT2D eigenvalue weighted by atomic mass is 35.5. The normalized spacial score (nSPS) is 13.5. The van der Waals surface area contributed by atoms with Crippen molar-refractivity contribution in [2.75, 3.05) is 15.2 Å². The van der Waals surface area contributed by atoms with Crippen LogP contribution >= 0.6 is 46.4 Å². The van der Waals surface area contributed by atoms with Gasteiger partial charge in [-0.2, -0.15) is 10.1 Å². The van der Waals surface area contributed by atoms with E-state index in [4.69, 9.17) is 51.1 Å². The number of nitrogens with one attached hydrogen (secondary N) is 1. The average molecular weight is 821 g/mol. The molecule has 1 unspecified atom stereocenters. The topological polar surface area (TPSA) is 112 Å². The van der Waals surface area contributed by atoms with E-state index < -0.39 is 17.9 Å². The number of hydrogen-bond donors (Lipinski definition) is 2. The molecule has 3 amide bonds. The lowest BCUT2D eigenvalue weighted by atomic mass is 9.86. The minimum Gasteiger partial charge on any atom is -0.508 e. The summed E-state index contributed by atoms with van der Waals surface area (Å²) in [5.74, 6) is -0.608. The van der Waals surface area contributed by atoms with Gasteiger partial charge in [0, 0.05) is 23.2 Å². The van der Waals surface area contributed by atoms with Gasteiger partial charge in [0.15, 0.2) is 6.10 Å². The standard InChI is InChI=1S/C41H50Cl4N4O5/c1-6-7-8-9-10-11-12-13-14-15-16-36(54-29-18-20-35(51)30(24-29)41(3,4)5)40(53)46-28-17-19-31(43)34(23-28)48(26(2)50)37-25-38(52)49(47-37)39-32(44)21-27(42)22-33(39)45/h17-24,36,51H,6-16,25H2,1-5H3,(H,46,53). The molecule has 0 aliphatic carbocycles. The highest BCUT2D eigenvalue weighted by Crippen LogP contribution is 2.40. The second-order valence-corrected chi connectivity index (χ2v) is 16.3. The van der Waals surface area contributed by atoms with Crippen LogP contribution in [0.1, 0.15) is 117 Å². The number of hydrogen-bond acceptors (Lipinski definition) is 6. The molecule has 0 spiro atoms. The summed E-state index contributed by atoms with van der Waals surface area (Å²) in [7, 11) is 0. The van der Waals surface area contributed by atoms with Crippen LogP contribution in [-0.4, -0.2) is 34.8 Å². The maximum atomic E-state index is 13.9. The van der Waals surface area contributed by atoms with Gasteiger partial charge in [-0.25, -0.2) is 0 Å². The van der Waals surface area contributed by atoms with Crippen LogP contribution < -0.4 is 20.0 Å². The molecule has 0 bridgehead atoms. The summed E-state index contributed by atoms with van der Waals surface area (Å²) in [6.07, 6.45) is 10.9. The van der Waals surface area contributed by atoms with Crippen LogP contribution in [0.5, 0.6) is 11.5 Å². The molecule has 0 radical (unpaired) electrons. The number of ether oxygens (including phenoxy) is 1. The third-order valence-electron chi connectivity index (χ3n) is 9.15. The summed E-state index contributed by atoms with van der Waals surface area (Å²) < 4.78 is 6.33. The van der Waals surface area contributed by atoms with Crippen molar-refractivity contribution < 1.29 is 24.2 Å². The number of carbonyl (C=O) groups is 3. The van der Waals surface area contributed by atoms with Gasteiger partial charge in [-0.1, -0.05) is 132 Å². The lowest BCUT2D eigenvalue weighted by Gasteiger charge is -2.24. The molecular weight excluding hydrogens is 770 g/mol. The Balaban J connectivity index is 1.54. The fourth-order valence-electron chi connectivity index (χ4n) is 6.34. The van der Waals surface area contributed by atoms with Crippen molar-refractivity contribution in [3.05, 3.63) is 74.2 Å². The lowest BCUT2D eigenvalue weighted by molar-refractivity contribution is -0.123. The van der Waals surface area contributed by atoms with Crippen molar-refractivity contribution in [1.82, 2.24) is 0 Å². The molecule has 1 aliphatic rings. The molecule has 1 aliphatic heterocycles. The Kier molecular flexibility index (Phi) is 15.9. The van der Waals surface area contributed by atoms with Crippen LogP contribution in [0.4, 0.5) is 17.1 Å². The third-order valence-corrected chi connectivity index (χ3v) is 10.3. The lowest BCUT2D eigenvalue weighted by Crippen LogP contribution is -2.35. The van der Waals surface area contributed by atoms with Crippen LogP contribution in [0.2, 0.25) is 20.1 Å². The van der Waals surface area contributed by atoms with E-state index in [1.54, 1.807) is 36.4 Å². The Morgan fingerprint density at radius 3 is 2.09 bits per heavy atom. The van der Waals surface area contributed by atoms with Crippen molar-refractivity contribution in [2.45, 2.75) is 123 Å². The molecule has 0 saturated heterocycles. The maximum Gasteiger partial charge on any atom is 0.265 e. The average Bonchev–Trinajstić information content (AvgIpc) is 3.45. The van der Waals surface area contributed by atoms with E-state index in [0.29, 0.717) is 23.4 Å².